The molecular formula is C19H24FN3O. The summed E-state index contributed by atoms with van der Waals surface area (Å²) in [5, 5.41) is 0. The monoisotopic (exact) mass is 329 g/mol. The molecule has 0 bridgehead atoms. The predicted octanol–water partition coefficient (Wildman–Crippen LogP) is 3.67. The SMILES string of the molecule is CCc1cc(N2CCC(OCc3ccc(F)cc3)CC2)nc(C)n1. The first-order valence-electron chi connectivity index (χ1n) is 8.59. The van der Waals surface area contributed by atoms with Crippen molar-refractivity contribution in [2.45, 2.75) is 45.8 Å². The van der Waals surface area contributed by atoms with Crippen molar-refractivity contribution < 1.29 is 9.13 Å². The Bertz CT molecular complexity index is 667. The molecule has 0 saturated carbocycles. The quantitative estimate of drug-likeness (QED) is 0.839. The number of aryl methyl sites for hydroxylation is 2. The smallest absolute Gasteiger partial charge is 0.132 e. The van der Waals surface area contributed by atoms with Gasteiger partial charge < -0.3 is 9.64 Å². The molecule has 128 valence electrons. The molecule has 0 unspecified atom stereocenters. The molecule has 4 nitrogen and oxygen atoms in total. The van der Waals surface area contributed by atoms with Gasteiger partial charge in [0.25, 0.3) is 0 Å². The van der Waals surface area contributed by atoms with E-state index in [4.69, 9.17) is 4.74 Å². The highest BCUT2D eigenvalue weighted by Crippen LogP contribution is 2.21. The average Bonchev–Trinajstić information content (AvgIpc) is 2.61. The molecule has 0 amide bonds. The lowest BCUT2D eigenvalue weighted by Crippen LogP contribution is -2.37. The van der Waals surface area contributed by atoms with Crippen molar-refractivity contribution in [3.05, 3.63) is 53.2 Å². The highest BCUT2D eigenvalue weighted by atomic mass is 19.1. The third kappa shape index (κ3) is 4.29. The Hall–Kier alpha value is -2.01. The molecular weight excluding hydrogens is 305 g/mol. The Balaban J connectivity index is 1.52. The zero-order valence-electron chi connectivity index (χ0n) is 14.3. The van der Waals surface area contributed by atoms with Crippen LogP contribution < -0.4 is 4.90 Å². The lowest BCUT2D eigenvalue weighted by Gasteiger charge is -2.33. The maximum atomic E-state index is 12.9. The second-order valence-corrected chi connectivity index (χ2v) is 6.24. The number of aromatic nitrogens is 2. The number of anilines is 1. The summed E-state index contributed by atoms with van der Waals surface area (Å²) in [6.45, 7) is 6.47. The van der Waals surface area contributed by atoms with Gasteiger partial charge in [-0.15, -0.1) is 0 Å². The van der Waals surface area contributed by atoms with E-state index in [1.807, 2.05) is 6.92 Å². The molecule has 1 aromatic heterocycles. The van der Waals surface area contributed by atoms with E-state index in [1.165, 1.54) is 12.1 Å². The number of nitrogens with zero attached hydrogens (tertiary/aromatic N) is 3. The van der Waals surface area contributed by atoms with E-state index < -0.39 is 0 Å². The number of rotatable bonds is 5. The average molecular weight is 329 g/mol. The van der Waals surface area contributed by atoms with Crippen LogP contribution in [0.3, 0.4) is 0 Å². The van der Waals surface area contributed by atoms with E-state index in [1.54, 1.807) is 12.1 Å². The van der Waals surface area contributed by atoms with E-state index >= 15 is 0 Å². The van der Waals surface area contributed by atoms with Crippen LogP contribution >= 0.6 is 0 Å². The molecule has 0 radical (unpaired) electrons. The molecule has 0 atom stereocenters. The van der Waals surface area contributed by atoms with Crippen molar-refractivity contribution in [3.63, 3.8) is 0 Å². The van der Waals surface area contributed by atoms with E-state index in [0.717, 1.165) is 55.3 Å². The third-order valence-electron chi connectivity index (χ3n) is 4.40. The fraction of sp³-hybridized carbons (Fsp3) is 0.474. The fourth-order valence-electron chi connectivity index (χ4n) is 3.00. The number of halogens is 1. The van der Waals surface area contributed by atoms with Gasteiger partial charge in [0.15, 0.2) is 0 Å². The predicted molar refractivity (Wildman–Crippen MR) is 92.6 cm³/mol. The van der Waals surface area contributed by atoms with Crippen molar-refractivity contribution in [2.75, 3.05) is 18.0 Å². The fourth-order valence-corrected chi connectivity index (χ4v) is 3.00. The summed E-state index contributed by atoms with van der Waals surface area (Å²) in [6.07, 6.45) is 3.13. The maximum absolute atomic E-state index is 12.9. The summed E-state index contributed by atoms with van der Waals surface area (Å²) in [5.74, 6) is 1.65. The van der Waals surface area contributed by atoms with Gasteiger partial charge in [0, 0.05) is 24.8 Å². The van der Waals surface area contributed by atoms with Crippen molar-refractivity contribution in [1.29, 1.82) is 0 Å². The molecule has 2 aromatic rings. The summed E-state index contributed by atoms with van der Waals surface area (Å²) < 4.78 is 18.9. The molecule has 1 aromatic carbocycles. The van der Waals surface area contributed by atoms with Crippen LogP contribution in [-0.4, -0.2) is 29.2 Å². The number of hydrogen-bond donors (Lipinski definition) is 0. The second kappa shape index (κ2) is 7.71. The number of benzene rings is 1. The highest BCUT2D eigenvalue weighted by molar-refractivity contribution is 5.40. The Kier molecular flexibility index (Phi) is 5.41. The molecule has 2 heterocycles. The van der Waals surface area contributed by atoms with Crippen LogP contribution in [0, 0.1) is 12.7 Å². The molecule has 1 fully saturated rings. The molecule has 0 aliphatic carbocycles. The lowest BCUT2D eigenvalue weighted by molar-refractivity contribution is 0.0250. The van der Waals surface area contributed by atoms with Gasteiger partial charge >= 0.3 is 0 Å². The summed E-state index contributed by atoms with van der Waals surface area (Å²) in [6, 6.07) is 8.60. The summed E-state index contributed by atoms with van der Waals surface area (Å²) >= 11 is 0. The van der Waals surface area contributed by atoms with Gasteiger partial charge in [-0.05, 0) is 43.9 Å². The molecule has 0 N–H and O–H groups in total. The standard InChI is InChI=1S/C19H24FN3O/c1-3-17-12-19(22-14(2)21-17)23-10-8-18(9-11-23)24-13-15-4-6-16(20)7-5-15/h4-7,12,18H,3,8-11,13H2,1-2H3. The van der Waals surface area contributed by atoms with E-state index in [-0.39, 0.29) is 11.9 Å². The first kappa shape index (κ1) is 16.8. The van der Waals surface area contributed by atoms with Crippen molar-refractivity contribution in [1.82, 2.24) is 9.97 Å². The third-order valence-corrected chi connectivity index (χ3v) is 4.40. The lowest BCUT2D eigenvalue weighted by atomic mass is 10.1. The van der Waals surface area contributed by atoms with Gasteiger partial charge in [-0.3, -0.25) is 0 Å². The molecule has 24 heavy (non-hydrogen) atoms. The Morgan fingerprint density at radius 3 is 2.54 bits per heavy atom. The number of ether oxygens (including phenoxy) is 1. The number of piperidine rings is 1. The normalized spacial score (nSPS) is 15.7. The van der Waals surface area contributed by atoms with Crippen LogP contribution in [-0.2, 0) is 17.8 Å². The van der Waals surface area contributed by atoms with Gasteiger partial charge in [0.1, 0.15) is 17.5 Å². The van der Waals surface area contributed by atoms with Crippen LogP contribution in [0.5, 0.6) is 0 Å². The molecule has 1 saturated heterocycles. The molecule has 0 spiro atoms. The van der Waals surface area contributed by atoms with Crippen LogP contribution in [0.1, 0.15) is 36.8 Å². The van der Waals surface area contributed by atoms with Gasteiger partial charge in [0.05, 0.1) is 12.7 Å². The Morgan fingerprint density at radius 2 is 1.88 bits per heavy atom. The summed E-state index contributed by atoms with van der Waals surface area (Å²) in [4.78, 5) is 11.3. The van der Waals surface area contributed by atoms with E-state index in [9.17, 15) is 4.39 Å². The zero-order valence-corrected chi connectivity index (χ0v) is 14.3. The largest absolute Gasteiger partial charge is 0.373 e. The van der Waals surface area contributed by atoms with Gasteiger partial charge in [-0.25, -0.2) is 14.4 Å². The van der Waals surface area contributed by atoms with Gasteiger partial charge in [-0.2, -0.15) is 0 Å². The minimum atomic E-state index is -0.210. The second-order valence-electron chi connectivity index (χ2n) is 6.24. The topological polar surface area (TPSA) is 38.2 Å². The first-order chi connectivity index (χ1) is 11.6. The zero-order chi connectivity index (χ0) is 16.9. The Labute approximate surface area is 142 Å². The molecule has 1 aliphatic rings. The summed E-state index contributed by atoms with van der Waals surface area (Å²) in [5.41, 5.74) is 2.10. The van der Waals surface area contributed by atoms with Crippen molar-refractivity contribution >= 4 is 5.82 Å². The minimum Gasteiger partial charge on any atom is -0.373 e. The van der Waals surface area contributed by atoms with Crippen LogP contribution in [0.2, 0.25) is 0 Å². The van der Waals surface area contributed by atoms with Crippen LogP contribution in [0.25, 0.3) is 0 Å². The van der Waals surface area contributed by atoms with E-state index in [0.29, 0.717) is 6.61 Å². The molecule has 1 aliphatic heterocycles. The molecule has 5 heteroatoms. The highest BCUT2D eigenvalue weighted by Gasteiger charge is 2.21. The van der Waals surface area contributed by atoms with Crippen molar-refractivity contribution in [2.24, 2.45) is 0 Å². The Morgan fingerprint density at radius 1 is 1.17 bits per heavy atom. The van der Waals surface area contributed by atoms with Gasteiger partial charge in [0.2, 0.25) is 0 Å². The first-order valence-corrected chi connectivity index (χ1v) is 8.59. The van der Waals surface area contributed by atoms with Crippen molar-refractivity contribution in [3.8, 4) is 0 Å². The van der Waals surface area contributed by atoms with Gasteiger partial charge in [-0.1, -0.05) is 19.1 Å². The molecule has 3 rings (SSSR count). The van der Waals surface area contributed by atoms with Crippen LogP contribution in [0.4, 0.5) is 10.2 Å². The minimum absolute atomic E-state index is 0.210. The summed E-state index contributed by atoms with van der Waals surface area (Å²) in [7, 11) is 0. The number of hydrogen-bond acceptors (Lipinski definition) is 4. The van der Waals surface area contributed by atoms with E-state index in [2.05, 4.69) is 27.9 Å². The van der Waals surface area contributed by atoms with Crippen LogP contribution in [0.15, 0.2) is 30.3 Å². The maximum Gasteiger partial charge on any atom is 0.132 e.